The summed E-state index contributed by atoms with van der Waals surface area (Å²) in [5, 5.41) is 0. The molecule has 2 aromatic heterocycles. The largest absolute Gasteiger partial charge is 0.317 e. The second-order valence-electron chi connectivity index (χ2n) is 3.62. The van der Waals surface area contributed by atoms with Gasteiger partial charge in [0, 0.05) is 18.9 Å². The Hall–Kier alpha value is -2.10. The van der Waals surface area contributed by atoms with Gasteiger partial charge in [-0.25, -0.2) is 9.97 Å². The molecule has 1 aromatic carbocycles. The second kappa shape index (κ2) is 3.48. The first-order valence-electron chi connectivity index (χ1n) is 5.33. The molecular weight excluding hydrogens is 200 g/mol. The van der Waals surface area contributed by atoms with Gasteiger partial charge in [0.15, 0.2) is 0 Å². The zero-order valence-electron chi connectivity index (χ0n) is 9.04. The van der Waals surface area contributed by atoms with E-state index in [4.69, 9.17) is 0 Å². The van der Waals surface area contributed by atoms with Gasteiger partial charge in [-0.15, -0.1) is 0 Å². The molecule has 0 saturated heterocycles. The third-order valence-electron chi connectivity index (χ3n) is 2.70. The SMILES string of the molecule is CCn1ccnc1-n1cnc2ccccc21. The van der Waals surface area contributed by atoms with Crippen LogP contribution in [0, 0.1) is 0 Å². The number of aromatic nitrogens is 4. The molecule has 3 rings (SSSR count). The molecule has 0 fully saturated rings. The van der Waals surface area contributed by atoms with Crippen molar-refractivity contribution in [3.05, 3.63) is 43.0 Å². The molecule has 0 bridgehead atoms. The van der Waals surface area contributed by atoms with Crippen molar-refractivity contribution in [3.63, 3.8) is 0 Å². The van der Waals surface area contributed by atoms with Gasteiger partial charge in [0.1, 0.15) is 6.33 Å². The van der Waals surface area contributed by atoms with Crippen molar-refractivity contribution in [2.45, 2.75) is 13.5 Å². The molecule has 0 spiro atoms. The highest BCUT2D eigenvalue weighted by molar-refractivity contribution is 5.76. The van der Waals surface area contributed by atoms with Crippen LogP contribution in [-0.2, 0) is 6.54 Å². The van der Waals surface area contributed by atoms with Crippen molar-refractivity contribution in [2.24, 2.45) is 0 Å². The van der Waals surface area contributed by atoms with Gasteiger partial charge in [-0.3, -0.25) is 4.57 Å². The summed E-state index contributed by atoms with van der Waals surface area (Å²) in [6.45, 7) is 3.01. The van der Waals surface area contributed by atoms with E-state index >= 15 is 0 Å². The molecule has 80 valence electrons. The van der Waals surface area contributed by atoms with Gasteiger partial charge in [0.2, 0.25) is 5.95 Å². The van der Waals surface area contributed by atoms with E-state index in [1.165, 1.54) is 0 Å². The standard InChI is InChI=1S/C12H12N4/c1-2-15-8-7-13-12(15)16-9-14-10-5-3-4-6-11(10)16/h3-9H,2H2,1H3. The minimum atomic E-state index is 0.905. The molecule has 0 radical (unpaired) electrons. The number of rotatable bonds is 2. The summed E-state index contributed by atoms with van der Waals surface area (Å²) < 4.78 is 4.10. The Morgan fingerprint density at radius 2 is 2.06 bits per heavy atom. The first-order valence-corrected chi connectivity index (χ1v) is 5.33. The fourth-order valence-corrected chi connectivity index (χ4v) is 1.89. The summed E-state index contributed by atoms with van der Waals surface area (Å²) in [4.78, 5) is 8.73. The minimum Gasteiger partial charge on any atom is -0.317 e. The van der Waals surface area contributed by atoms with Crippen LogP contribution in [0.15, 0.2) is 43.0 Å². The molecule has 0 amide bonds. The van der Waals surface area contributed by atoms with E-state index in [0.717, 1.165) is 23.5 Å². The lowest BCUT2D eigenvalue weighted by molar-refractivity contribution is 0.725. The van der Waals surface area contributed by atoms with Crippen LogP contribution in [0.5, 0.6) is 0 Å². The van der Waals surface area contributed by atoms with Gasteiger partial charge >= 0.3 is 0 Å². The molecule has 16 heavy (non-hydrogen) atoms. The van der Waals surface area contributed by atoms with E-state index in [0.29, 0.717) is 0 Å². The van der Waals surface area contributed by atoms with Crippen molar-refractivity contribution in [1.82, 2.24) is 19.1 Å². The molecule has 0 aliphatic rings. The summed E-state index contributed by atoms with van der Waals surface area (Å²) in [7, 11) is 0. The number of hydrogen-bond donors (Lipinski definition) is 0. The normalized spacial score (nSPS) is 11.1. The van der Waals surface area contributed by atoms with E-state index in [1.807, 2.05) is 41.5 Å². The molecule has 0 N–H and O–H groups in total. The molecule has 4 nitrogen and oxygen atoms in total. The molecule has 0 aliphatic carbocycles. The Balaban J connectivity index is 2.26. The van der Waals surface area contributed by atoms with Crippen molar-refractivity contribution >= 4 is 11.0 Å². The highest BCUT2D eigenvalue weighted by Crippen LogP contribution is 2.16. The lowest BCUT2D eigenvalue weighted by atomic mass is 10.3. The van der Waals surface area contributed by atoms with Crippen LogP contribution in [0.4, 0.5) is 0 Å². The average molecular weight is 212 g/mol. The summed E-state index contributed by atoms with van der Waals surface area (Å²) in [5.41, 5.74) is 2.08. The predicted molar refractivity (Wildman–Crippen MR) is 62.5 cm³/mol. The number of fused-ring (bicyclic) bond motifs is 1. The van der Waals surface area contributed by atoms with Crippen LogP contribution in [0.1, 0.15) is 6.92 Å². The summed E-state index contributed by atoms with van der Waals surface area (Å²) in [6.07, 6.45) is 5.61. The fraction of sp³-hybridized carbons (Fsp3) is 0.167. The van der Waals surface area contributed by atoms with Crippen molar-refractivity contribution in [2.75, 3.05) is 0 Å². The number of nitrogens with zero attached hydrogens (tertiary/aromatic N) is 4. The number of para-hydroxylation sites is 2. The van der Waals surface area contributed by atoms with Crippen LogP contribution >= 0.6 is 0 Å². The fourth-order valence-electron chi connectivity index (χ4n) is 1.89. The second-order valence-corrected chi connectivity index (χ2v) is 3.62. The molecule has 4 heteroatoms. The average Bonchev–Trinajstić information content (AvgIpc) is 2.94. The predicted octanol–water partition coefficient (Wildman–Crippen LogP) is 2.24. The number of benzene rings is 1. The highest BCUT2D eigenvalue weighted by Gasteiger charge is 2.07. The maximum atomic E-state index is 4.37. The maximum absolute atomic E-state index is 4.37. The van der Waals surface area contributed by atoms with Crippen LogP contribution in [0.25, 0.3) is 17.0 Å². The zero-order valence-corrected chi connectivity index (χ0v) is 9.04. The van der Waals surface area contributed by atoms with E-state index in [1.54, 1.807) is 0 Å². The quantitative estimate of drug-likeness (QED) is 0.653. The highest BCUT2D eigenvalue weighted by atomic mass is 15.2. The summed E-state index contributed by atoms with van der Waals surface area (Å²) in [5.74, 6) is 0.913. The number of imidazole rings is 2. The van der Waals surface area contributed by atoms with Crippen LogP contribution < -0.4 is 0 Å². The lowest BCUT2D eigenvalue weighted by Crippen LogP contribution is -2.03. The summed E-state index contributed by atoms with van der Waals surface area (Å²) in [6, 6.07) is 8.06. The summed E-state index contributed by atoms with van der Waals surface area (Å²) >= 11 is 0. The van der Waals surface area contributed by atoms with Gasteiger partial charge in [-0.05, 0) is 19.1 Å². The molecular formula is C12H12N4. The van der Waals surface area contributed by atoms with Gasteiger partial charge < -0.3 is 4.57 Å². The van der Waals surface area contributed by atoms with Crippen LogP contribution in [-0.4, -0.2) is 19.1 Å². The molecule has 2 heterocycles. The third-order valence-corrected chi connectivity index (χ3v) is 2.70. The topological polar surface area (TPSA) is 35.6 Å². The molecule has 3 aromatic rings. The van der Waals surface area contributed by atoms with Crippen LogP contribution in [0.3, 0.4) is 0 Å². The molecule has 0 unspecified atom stereocenters. The molecule has 0 atom stereocenters. The van der Waals surface area contributed by atoms with Crippen LogP contribution in [0.2, 0.25) is 0 Å². The van der Waals surface area contributed by atoms with Crippen molar-refractivity contribution in [3.8, 4) is 5.95 Å². The van der Waals surface area contributed by atoms with Gasteiger partial charge in [0.05, 0.1) is 11.0 Å². The Bertz CT molecular complexity index is 621. The monoisotopic (exact) mass is 212 g/mol. The first kappa shape index (κ1) is 9.15. The minimum absolute atomic E-state index is 0.905. The van der Waals surface area contributed by atoms with Gasteiger partial charge in [-0.1, -0.05) is 12.1 Å². The number of aryl methyl sites for hydroxylation is 1. The molecule has 0 saturated carbocycles. The smallest absolute Gasteiger partial charge is 0.215 e. The van der Waals surface area contributed by atoms with E-state index in [2.05, 4.69) is 27.5 Å². The third kappa shape index (κ3) is 1.23. The lowest BCUT2D eigenvalue weighted by Gasteiger charge is -2.05. The number of hydrogen-bond acceptors (Lipinski definition) is 2. The van der Waals surface area contributed by atoms with E-state index in [-0.39, 0.29) is 0 Å². The van der Waals surface area contributed by atoms with Gasteiger partial charge in [0.25, 0.3) is 0 Å². The van der Waals surface area contributed by atoms with Crippen molar-refractivity contribution in [1.29, 1.82) is 0 Å². The Labute approximate surface area is 93.2 Å². The Morgan fingerprint density at radius 1 is 1.19 bits per heavy atom. The molecule has 0 aliphatic heterocycles. The van der Waals surface area contributed by atoms with E-state index in [9.17, 15) is 0 Å². The van der Waals surface area contributed by atoms with Gasteiger partial charge in [-0.2, -0.15) is 0 Å². The van der Waals surface area contributed by atoms with Crippen molar-refractivity contribution < 1.29 is 0 Å². The zero-order chi connectivity index (χ0) is 11.0. The Morgan fingerprint density at radius 3 is 2.94 bits per heavy atom. The Kier molecular flexibility index (Phi) is 1.99. The van der Waals surface area contributed by atoms with E-state index < -0.39 is 0 Å². The first-order chi connectivity index (χ1) is 7.90. The maximum Gasteiger partial charge on any atom is 0.215 e.